The average Bonchev–Trinajstić information content (AvgIpc) is 2.69. The van der Waals surface area contributed by atoms with E-state index in [-0.39, 0.29) is 30.7 Å². The predicted molar refractivity (Wildman–Crippen MR) is 116 cm³/mol. The van der Waals surface area contributed by atoms with Crippen molar-refractivity contribution in [1.29, 1.82) is 0 Å². The van der Waals surface area contributed by atoms with Crippen LogP contribution in [0.25, 0.3) is 0 Å². The van der Waals surface area contributed by atoms with Gasteiger partial charge in [-0.3, -0.25) is 9.59 Å². The number of rotatable bonds is 10. The summed E-state index contributed by atoms with van der Waals surface area (Å²) in [6, 6.07) is 7.98. The van der Waals surface area contributed by atoms with Gasteiger partial charge < -0.3 is 15.1 Å². The number of anilines is 1. The van der Waals surface area contributed by atoms with Crippen molar-refractivity contribution < 1.29 is 9.59 Å². The van der Waals surface area contributed by atoms with Crippen molar-refractivity contribution in [2.75, 3.05) is 31.1 Å². The van der Waals surface area contributed by atoms with Crippen molar-refractivity contribution in [2.24, 2.45) is 0 Å². The molecule has 0 aliphatic carbocycles. The number of unbranched alkanes of at least 4 members (excludes halogenated alkanes) is 3. The molecule has 2 rings (SSSR count). The molecular weight excluding hydrogens is 374 g/mol. The van der Waals surface area contributed by atoms with Gasteiger partial charge >= 0.3 is 0 Å². The topological polar surface area (TPSA) is 52.7 Å². The van der Waals surface area contributed by atoms with E-state index in [1.807, 2.05) is 36.1 Å². The molecule has 1 atom stereocenters. The number of carbonyl (C=O) groups excluding carboxylic acids is 2. The van der Waals surface area contributed by atoms with Crippen LogP contribution in [0.3, 0.4) is 0 Å². The number of hydrogen-bond acceptors (Lipinski definition) is 3. The van der Waals surface area contributed by atoms with Gasteiger partial charge in [-0.2, -0.15) is 0 Å². The van der Waals surface area contributed by atoms with Crippen LogP contribution in [-0.2, 0) is 9.59 Å². The summed E-state index contributed by atoms with van der Waals surface area (Å²) < 4.78 is 0. The largest absolute Gasteiger partial charge is 0.368 e. The van der Waals surface area contributed by atoms with E-state index >= 15 is 0 Å². The molecule has 28 heavy (non-hydrogen) atoms. The standard InChI is InChI=1S/C22H34ClN3O2/c1-3-4-5-6-8-18(2)24-21(27)11-12-22(28)26-15-13-25(14-16-26)20-10-7-9-19(23)17-20/h7,9-10,17-18H,3-6,8,11-16H2,1-2H3,(H,24,27). The van der Waals surface area contributed by atoms with Gasteiger partial charge in [-0.25, -0.2) is 0 Å². The first kappa shape index (κ1) is 22.5. The van der Waals surface area contributed by atoms with Gasteiger partial charge in [0.15, 0.2) is 0 Å². The Morgan fingerprint density at radius 2 is 1.86 bits per heavy atom. The molecule has 1 aliphatic rings. The molecule has 0 saturated carbocycles. The van der Waals surface area contributed by atoms with E-state index in [0.29, 0.717) is 13.1 Å². The number of benzene rings is 1. The molecule has 0 spiro atoms. The van der Waals surface area contributed by atoms with E-state index in [1.165, 1.54) is 19.3 Å². The summed E-state index contributed by atoms with van der Waals surface area (Å²) in [6.07, 6.45) is 6.39. The number of carbonyl (C=O) groups is 2. The Morgan fingerprint density at radius 3 is 2.54 bits per heavy atom. The third kappa shape index (κ3) is 7.70. The highest BCUT2D eigenvalue weighted by Gasteiger charge is 2.22. The van der Waals surface area contributed by atoms with Crippen LogP contribution in [-0.4, -0.2) is 48.9 Å². The number of hydrogen-bond donors (Lipinski definition) is 1. The first-order valence-corrected chi connectivity index (χ1v) is 10.9. The zero-order valence-electron chi connectivity index (χ0n) is 17.3. The van der Waals surface area contributed by atoms with E-state index in [0.717, 1.165) is 36.6 Å². The highest BCUT2D eigenvalue weighted by Crippen LogP contribution is 2.21. The van der Waals surface area contributed by atoms with Crippen LogP contribution < -0.4 is 10.2 Å². The maximum Gasteiger partial charge on any atom is 0.223 e. The van der Waals surface area contributed by atoms with E-state index in [9.17, 15) is 9.59 Å². The van der Waals surface area contributed by atoms with Crippen molar-refractivity contribution in [2.45, 2.75) is 64.8 Å². The second-order valence-corrected chi connectivity index (χ2v) is 8.10. The number of nitrogens with one attached hydrogen (secondary N) is 1. The summed E-state index contributed by atoms with van der Waals surface area (Å²) in [7, 11) is 0. The minimum absolute atomic E-state index is 0.0195. The number of nitrogens with zero attached hydrogens (tertiary/aromatic N) is 2. The van der Waals surface area contributed by atoms with Crippen LogP contribution in [0.2, 0.25) is 5.02 Å². The van der Waals surface area contributed by atoms with Crippen LogP contribution >= 0.6 is 11.6 Å². The Labute approximate surface area is 174 Å². The Balaban J connectivity index is 1.65. The zero-order valence-corrected chi connectivity index (χ0v) is 18.0. The lowest BCUT2D eigenvalue weighted by Crippen LogP contribution is -2.49. The van der Waals surface area contributed by atoms with Gasteiger partial charge in [-0.1, -0.05) is 50.3 Å². The SMILES string of the molecule is CCCCCCC(C)NC(=O)CCC(=O)N1CCN(c2cccc(Cl)c2)CC1. The Kier molecular flexibility index (Phi) is 9.62. The summed E-state index contributed by atoms with van der Waals surface area (Å²) in [4.78, 5) is 28.6. The Morgan fingerprint density at radius 1 is 1.11 bits per heavy atom. The maximum absolute atomic E-state index is 12.4. The van der Waals surface area contributed by atoms with Crippen molar-refractivity contribution in [3.05, 3.63) is 29.3 Å². The third-order valence-corrected chi connectivity index (χ3v) is 5.50. The minimum atomic E-state index is -0.0195. The van der Waals surface area contributed by atoms with Crippen molar-refractivity contribution in [3.63, 3.8) is 0 Å². The third-order valence-electron chi connectivity index (χ3n) is 5.27. The number of halogens is 1. The highest BCUT2D eigenvalue weighted by molar-refractivity contribution is 6.30. The molecule has 1 heterocycles. The van der Waals surface area contributed by atoms with E-state index in [2.05, 4.69) is 17.1 Å². The summed E-state index contributed by atoms with van der Waals surface area (Å²) in [5.41, 5.74) is 1.09. The lowest BCUT2D eigenvalue weighted by atomic mass is 10.1. The van der Waals surface area contributed by atoms with Crippen LogP contribution in [0.1, 0.15) is 58.8 Å². The molecule has 2 amide bonds. The summed E-state index contributed by atoms with van der Waals surface area (Å²) in [6.45, 7) is 7.17. The number of piperazine rings is 1. The molecule has 156 valence electrons. The van der Waals surface area contributed by atoms with Crippen LogP contribution in [0.15, 0.2) is 24.3 Å². The van der Waals surface area contributed by atoms with Crippen molar-refractivity contribution in [3.8, 4) is 0 Å². The normalized spacial score (nSPS) is 15.4. The zero-order chi connectivity index (χ0) is 20.4. The molecule has 1 aliphatic heterocycles. The predicted octanol–water partition coefficient (Wildman–Crippen LogP) is 4.24. The van der Waals surface area contributed by atoms with Crippen LogP contribution in [0.4, 0.5) is 5.69 Å². The second-order valence-electron chi connectivity index (χ2n) is 7.67. The lowest BCUT2D eigenvalue weighted by molar-refractivity contribution is -0.134. The fourth-order valence-electron chi connectivity index (χ4n) is 3.56. The quantitative estimate of drug-likeness (QED) is 0.590. The Hall–Kier alpha value is -1.75. The molecule has 0 radical (unpaired) electrons. The van der Waals surface area contributed by atoms with Crippen LogP contribution in [0.5, 0.6) is 0 Å². The highest BCUT2D eigenvalue weighted by atomic mass is 35.5. The average molecular weight is 408 g/mol. The molecule has 6 heteroatoms. The first-order chi connectivity index (χ1) is 13.5. The van der Waals surface area contributed by atoms with Gasteiger partial charge in [0.2, 0.25) is 11.8 Å². The fraction of sp³-hybridized carbons (Fsp3) is 0.636. The summed E-state index contributed by atoms with van der Waals surface area (Å²) in [5.74, 6) is 0.0467. The molecule has 1 unspecified atom stereocenters. The maximum atomic E-state index is 12.4. The molecule has 1 N–H and O–H groups in total. The van der Waals surface area contributed by atoms with Gasteiger partial charge in [0.1, 0.15) is 0 Å². The van der Waals surface area contributed by atoms with Gasteiger partial charge in [-0.05, 0) is 31.5 Å². The molecule has 0 aromatic heterocycles. The number of amides is 2. The van der Waals surface area contributed by atoms with Gasteiger partial charge in [-0.15, -0.1) is 0 Å². The van der Waals surface area contributed by atoms with Gasteiger partial charge in [0.05, 0.1) is 0 Å². The summed E-state index contributed by atoms with van der Waals surface area (Å²) in [5, 5.41) is 3.74. The monoisotopic (exact) mass is 407 g/mol. The van der Waals surface area contributed by atoms with E-state index in [4.69, 9.17) is 11.6 Å². The molecule has 5 nitrogen and oxygen atoms in total. The van der Waals surface area contributed by atoms with Gasteiger partial charge in [0.25, 0.3) is 0 Å². The lowest BCUT2D eigenvalue weighted by Gasteiger charge is -2.36. The molecule has 1 saturated heterocycles. The first-order valence-electron chi connectivity index (χ1n) is 10.6. The van der Waals surface area contributed by atoms with Gasteiger partial charge in [0, 0.05) is 55.8 Å². The second kappa shape index (κ2) is 11.9. The van der Waals surface area contributed by atoms with E-state index < -0.39 is 0 Å². The van der Waals surface area contributed by atoms with Crippen molar-refractivity contribution >= 4 is 29.1 Å². The molecule has 1 fully saturated rings. The molecular formula is C22H34ClN3O2. The summed E-state index contributed by atoms with van der Waals surface area (Å²) >= 11 is 6.06. The Bertz CT molecular complexity index is 630. The van der Waals surface area contributed by atoms with Crippen molar-refractivity contribution in [1.82, 2.24) is 10.2 Å². The fourth-order valence-corrected chi connectivity index (χ4v) is 3.75. The molecule has 1 aromatic rings. The smallest absolute Gasteiger partial charge is 0.223 e. The van der Waals surface area contributed by atoms with Crippen LogP contribution in [0, 0.1) is 0 Å². The molecule has 1 aromatic carbocycles. The minimum Gasteiger partial charge on any atom is -0.368 e. The molecule has 0 bridgehead atoms. The van der Waals surface area contributed by atoms with E-state index in [1.54, 1.807) is 0 Å².